The molecule has 1 unspecified atom stereocenters. The van der Waals surface area contributed by atoms with Gasteiger partial charge in [-0.2, -0.15) is 5.10 Å². The molecular formula is C20H22N4O3. The van der Waals surface area contributed by atoms with Crippen LogP contribution in [0.3, 0.4) is 0 Å². The van der Waals surface area contributed by atoms with E-state index in [0.717, 1.165) is 5.56 Å². The fourth-order valence-electron chi connectivity index (χ4n) is 3.02. The molecule has 2 heterocycles. The molecule has 1 N–H and O–H groups in total. The Bertz CT molecular complexity index is 982. The highest BCUT2D eigenvalue weighted by Crippen LogP contribution is 2.21. The normalized spacial score (nSPS) is 12.1. The van der Waals surface area contributed by atoms with Crippen LogP contribution in [0.2, 0.25) is 0 Å². The SMILES string of the molecule is Cc1cc(C(=O)N(Cc2ccccc2)CC(C)C(=O)O)c2cnn(C)c2n1. The molecule has 0 saturated heterocycles. The molecule has 2 aromatic heterocycles. The van der Waals surface area contributed by atoms with Crippen LogP contribution in [0.1, 0.15) is 28.5 Å². The topological polar surface area (TPSA) is 88.3 Å². The molecule has 1 atom stereocenters. The molecule has 0 radical (unpaired) electrons. The lowest BCUT2D eigenvalue weighted by Gasteiger charge is -2.25. The zero-order valence-corrected chi connectivity index (χ0v) is 15.6. The van der Waals surface area contributed by atoms with Crippen molar-refractivity contribution in [1.82, 2.24) is 19.7 Å². The fraction of sp³-hybridized carbons (Fsp3) is 0.300. The van der Waals surface area contributed by atoms with Crippen molar-refractivity contribution in [2.24, 2.45) is 13.0 Å². The lowest BCUT2D eigenvalue weighted by atomic mass is 10.1. The van der Waals surface area contributed by atoms with E-state index in [1.807, 2.05) is 37.3 Å². The highest BCUT2D eigenvalue weighted by atomic mass is 16.4. The molecule has 7 heteroatoms. The molecule has 0 saturated carbocycles. The first kappa shape index (κ1) is 18.6. The molecule has 0 aliphatic heterocycles. The molecule has 0 bridgehead atoms. The summed E-state index contributed by atoms with van der Waals surface area (Å²) >= 11 is 0. The van der Waals surface area contributed by atoms with Crippen LogP contribution in [0.4, 0.5) is 0 Å². The van der Waals surface area contributed by atoms with E-state index >= 15 is 0 Å². The molecule has 0 aliphatic carbocycles. The Balaban J connectivity index is 2.01. The predicted octanol–water partition coefficient (Wildman–Crippen LogP) is 2.64. The van der Waals surface area contributed by atoms with Crippen molar-refractivity contribution in [3.05, 3.63) is 59.4 Å². The Hall–Kier alpha value is -3.22. The van der Waals surface area contributed by atoms with Crippen molar-refractivity contribution in [2.45, 2.75) is 20.4 Å². The van der Waals surface area contributed by atoms with E-state index < -0.39 is 11.9 Å². The third-order valence-corrected chi connectivity index (χ3v) is 4.48. The Morgan fingerprint density at radius 3 is 2.63 bits per heavy atom. The van der Waals surface area contributed by atoms with E-state index in [0.29, 0.717) is 28.8 Å². The number of carbonyl (C=O) groups excluding carboxylic acids is 1. The second-order valence-corrected chi connectivity index (χ2v) is 6.73. The first-order valence-electron chi connectivity index (χ1n) is 8.72. The van der Waals surface area contributed by atoms with Crippen molar-refractivity contribution < 1.29 is 14.7 Å². The monoisotopic (exact) mass is 366 g/mol. The van der Waals surface area contributed by atoms with Crippen LogP contribution in [0.25, 0.3) is 11.0 Å². The predicted molar refractivity (Wildman–Crippen MR) is 101 cm³/mol. The minimum Gasteiger partial charge on any atom is -0.481 e. The lowest BCUT2D eigenvalue weighted by Crippen LogP contribution is -2.36. The van der Waals surface area contributed by atoms with Crippen molar-refractivity contribution in [1.29, 1.82) is 0 Å². The molecule has 0 fully saturated rings. The smallest absolute Gasteiger partial charge is 0.308 e. The number of benzene rings is 1. The molecule has 0 spiro atoms. The molecule has 7 nitrogen and oxygen atoms in total. The summed E-state index contributed by atoms with van der Waals surface area (Å²) in [7, 11) is 1.78. The fourth-order valence-corrected chi connectivity index (χ4v) is 3.02. The van der Waals surface area contributed by atoms with E-state index in [2.05, 4.69) is 10.1 Å². The van der Waals surface area contributed by atoms with Gasteiger partial charge in [-0.15, -0.1) is 0 Å². The number of amides is 1. The van der Waals surface area contributed by atoms with Crippen LogP contribution >= 0.6 is 0 Å². The van der Waals surface area contributed by atoms with Crippen molar-refractivity contribution in [3.8, 4) is 0 Å². The molecule has 140 valence electrons. The number of aliphatic carboxylic acids is 1. The number of carboxylic acids is 1. The van der Waals surface area contributed by atoms with Gasteiger partial charge in [0.25, 0.3) is 5.91 Å². The van der Waals surface area contributed by atoms with Gasteiger partial charge in [0.05, 0.1) is 23.1 Å². The van der Waals surface area contributed by atoms with Crippen LogP contribution in [-0.4, -0.2) is 43.2 Å². The summed E-state index contributed by atoms with van der Waals surface area (Å²) in [4.78, 5) is 30.7. The van der Waals surface area contributed by atoms with Gasteiger partial charge in [-0.25, -0.2) is 4.98 Å². The molecule has 1 aromatic carbocycles. The summed E-state index contributed by atoms with van der Waals surface area (Å²) in [5.74, 6) is -1.83. The lowest BCUT2D eigenvalue weighted by molar-refractivity contribution is -0.141. The molecule has 3 rings (SSSR count). The van der Waals surface area contributed by atoms with Gasteiger partial charge in [0.15, 0.2) is 5.65 Å². The van der Waals surface area contributed by atoms with E-state index in [-0.39, 0.29) is 12.5 Å². The van der Waals surface area contributed by atoms with E-state index in [1.165, 1.54) is 0 Å². The Morgan fingerprint density at radius 2 is 1.96 bits per heavy atom. The Labute approximate surface area is 157 Å². The minimum atomic E-state index is -0.932. The molecule has 3 aromatic rings. The molecule has 27 heavy (non-hydrogen) atoms. The number of nitrogens with zero attached hydrogens (tertiary/aromatic N) is 4. The van der Waals surface area contributed by atoms with Gasteiger partial charge in [-0.05, 0) is 18.6 Å². The number of rotatable bonds is 6. The second-order valence-electron chi connectivity index (χ2n) is 6.73. The summed E-state index contributed by atoms with van der Waals surface area (Å²) < 4.78 is 1.63. The quantitative estimate of drug-likeness (QED) is 0.724. The number of aromatic nitrogens is 3. The summed E-state index contributed by atoms with van der Waals surface area (Å²) in [6, 6.07) is 11.3. The van der Waals surface area contributed by atoms with Gasteiger partial charge in [0.1, 0.15) is 0 Å². The second kappa shape index (κ2) is 7.57. The zero-order chi connectivity index (χ0) is 19.6. The highest BCUT2D eigenvalue weighted by Gasteiger charge is 2.24. The van der Waals surface area contributed by atoms with E-state index in [4.69, 9.17) is 0 Å². The Morgan fingerprint density at radius 1 is 1.26 bits per heavy atom. The zero-order valence-electron chi connectivity index (χ0n) is 15.6. The van der Waals surface area contributed by atoms with Gasteiger partial charge in [0.2, 0.25) is 0 Å². The third-order valence-electron chi connectivity index (χ3n) is 4.48. The van der Waals surface area contributed by atoms with Crippen molar-refractivity contribution >= 4 is 22.9 Å². The standard InChI is InChI=1S/C20H22N4O3/c1-13(20(26)27)11-24(12-15-7-5-4-6-8-15)19(25)16-9-14(2)22-18-17(16)10-21-23(18)3/h4-10,13H,11-12H2,1-3H3,(H,26,27). The number of hydrogen-bond acceptors (Lipinski definition) is 4. The summed E-state index contributed by atoms with van der Waals surface area (Å²) in [5.41, 5.74) is 2.76. The van der Waals surface area contributed by atoms with Gasteiger partial charge >= 0.3 is 5.97 Å². The van der Waals surface area contributed by atoms with Gasteiger partial charge < -0.3 is 10.0 Å². The molecule has 1 amide bonds. The summed E-state index contributed by atoms with van der Waals surface area (Å²) in [5, 5.41) is 14.2. The van der Waals surface area contributed by atoms with Crippen LogP contribution in [-0.2, 0) is 18.4 Å². The number of aryl methyl sites for hydroxylation is 2. The largest absolute Gasteiger partial charge is 0.481 e. The van der Waals surface area contributed by atoms with Crippen LogP contribution in [0, 0.1) is 12.8 Å². The summed E-state index contributed by atoms with van der Waals surface area (Å²) in [6.07, 6.45) is 1.62. The van der Waals surface area contributed by atoms with Crippen molar-refractivity contribution in [2.75, 3.05) is 6.54 Å². The van der Waals surface area contributed by atoms with Gasteiger partial charge in [0, 0.05) is 25.8 Å². The average molecular weight is 366 g/mol. The van der Waals surface area contributed by atoms with Gasteiger partial charge in [-0.3, -0.25) is 14.3 Å². The van der Waals surface area contributed by atoms with Crippen LogP contribution < -0.4 is 0 Å². The highest BCUT2D eigenvalue weighted by molar-refractivity contribution is 6.05. The van der Waals surface area contributed by atoms with Crippen LogP contribution in [0.15, 0.2) is 42.6 Å². The van der Waals surface area contributed by atoms with Gasteiger partial charge in [-0.1, -0.05) is 37.3 Å². The molecular weight excluding hydrogens is 344 g/mol. The number of carbonyl (C=O) groups is 2. The van der Waals surface area contributed by atoms with E-state index in [1.54, 1.807) is 35.8 Å². The average Bonchev–Trinajstić information content (AvgIpc) is 3.01. The molecule has 0 aliphatic rings. The number of carboxylic acid groups (broad SMARTS) is 1. The first-order chi connectivity index (χ1) is 12.9. The minimum absolute atomic E-state index is 0.117. The maximum Gasteiger partial charge on any atom is 0.308 e. The number of hydrogen-bond donors (Lipinski definition) is 1. The maximum atomic E-state index is 13.4. The maximum absolute atomic E-state index is 13.4. The third kappa shape index (κ3) is 3.97. The van der Waals surface area contributed by atoms with Crippen LogP contribution in [0.5, 0.6) is 0 Å². The van der Waals surface area contributed by atoms with Crippen molar-refractivity contribution in [3.63, 3.8) is 0 Å². The van der Waals surface area contributed by atoms with E-state index in [9.17, 15) is 14.7 Å². The number of fused-ring (bicyclic) bond motifs is 1. The number of pyridine rings is 1. The first-order valence-corrected chi connectivity index (χ1v) is 8.72. The Kier molecular flexibility index (Phi) is 5.21. The summed E-state index contributed by atoms with van der Waals surface area (Å²) in [6.45, 7) is 3.88.